The zero-order valence-electron chi connectivity index (χ0n) is 9.82. The van der Waals surface area contributed by atoms with Gasteiger partial charge in [0.15, 0.2) is 5.82 Å². The standard InChI is InChI=1S/C10H17N3O3/c1-4-11-9-8(15-3)10(13-7-12-9)16-6-5-14-2/h7H,4-6H2,1-3H3,(H,11,12,13). The summed E-state index contributed by atoms with van der Waals surface area (Å²) in [4.78, 5) is 8.08. The number of nitrogens with one attached hydrogen (secondary N) is 1. The van der Waals surface area contributed by atoms with Crippen molar-refractivity contribution in [1.82, 2.24) is 9.97 Å². The first-order valence-corrected chi connectivity index (χ1v) is 5.08. The van der Waals surface area contributed by atoms with Crippen LogP contribution in [0.5, 0.6) is 11.6 Å². The summed E-state index contributed by atoms with van der Waals surface area (Å²) in [6, 6.07) is 0. The molecule has 0 bridgehead atoms. The Morgan fingerprint density at radius 3 is 2.69 bits per heavy atom. The van der Waals surface area contributed by atoms with Crippen molar-refractivity contribution in [2.45, 2.75) is 6.92 Å². The molecule has 90 valence electrons. The quantitative estimate of drug-likeness (QED) is 0.699. The second kappa shape index (κ2) is 6.84. The largest absolute Gasteiger partial charge is 0.489 e. The van der Waals surface area contributed by atoms with E-state index in [0.717, 1.165) is 6.54 Å². The Hall–Kier alpha value is -1.56. The van der Waals surface area contributed by atoms with Gasteiger partial charge in [-0.3, -0.25) is 0 Å². The molecule has 0 unspecified atom stereocenters. The van der Waals surface area contributed by atoms with Gasteiger partial charge in [-0.25, -0.2) is 4.98 Å². The molecule has 0 fully saturated rings. The van der Waals surface area contributed by atoms with Gasteiger partial charge < -0.3 is 19.5 Å². The third-order valence-corrected chi connectivity index (χ3v) is 1.85. The van der Waals surface area contributed by atoms with E-state index in [0.29, 0.717) is 30.7 Å². The summed E-state index contributed by atoms with van der Waals surface area (Å²) in [5.74, 6) is 1.57. The molecule has 16 heavy (non-hydrogen) atoms. The minimum Gasteiger partial charge on any atom is -0.489 e. The molecule has 1 N–H and O–H groups in total. The average molecular weight is 227 g/mol. The second-order valence-corrected chi connectivity index (χ2v) is 2.93. The van der Waals surface area contributed by atoms with Gasteiger partial charge in [-0.15, -0.1) is 0 Å². The number of methoxy groups -OCH3 is 2. The van der Waals surface area contributed by atoms with E-state index in [4.69, 9.17) is 14.2 Å². The Bertz CT molecular complexity index is 320. The molecule has 1 aromatic rings. The third kappa shape index (κ3) is 3.23. The summed E-state index contributed by atoms with van der Waals surface area (Å²) in [6.07, 6.45) is 1.43. The van der Waals surface area contributed by atoms with E-state index in [2.05, 4.69) is 15.3 Å². The molecule has 0 saturated heterocycles. The predicted molar refractivity (Wildman–Crippen MR) is 60.1 cm³/mol. The monoisotopic (exact) mass is 227 g/mol. The lowest BCUT2D eigenvalue weighted by molar-refractivity contribution is 0.141. The van der Waals surface area contributed by atoms with Crippen LogP contribution in [-0.4, -0.2) is 43.9 Å². The molecular formula is C10H17N3O3. The van der Waals surface area contributed by atoms with Crippen molar-refractivity contribution < 1.29 is 14.2 Å². The molecule has 1 aromatic heterocycles. The Kier molecular flexibility index (Phi) is 5.35. The van der Waals surface area contributed by atoms with E-state index in [-0.39, 0.29) is 0 Å². The SMILES string of the molecule is CCNc1ncnc(OCCOC)c1OC. The number of hydrogen-bond donors (Lipinski definition) is 1. The molecule has 0 aromatic carbocycles. The van der Waals surface area contributed by atoms with Crippen molar-refractivity contribution in [3.8, 4) is 11.6 Å². The molecule has 0 radical (unpaired) electrons. The van der Waals surface area contributed by atoms with Crippen molar-refractivity contribution in [2.75, 3.05) is 39.3 Å². The number of nitrogens with zero attached hydrogens (tertiary/aromatic N) is 2. The van der Waals surface area contributed by atoms with Gasteiger partial charge in [0.05, 0.1) is 13.7 Å². The molecule has 0 aliphatic heterocycles. The molecule has 0 amide bonds. The Balaban J connectivity index is 2.77. The van der Waals surface area contributed by atoms with Crippen LogP contribution in [0.15, 0.2) is 6.33 Å². The van der Waals surface area contributed by atoms with Crippen LogP contribution in [0.4, 0.5) is 5.82 Å². The summed E-state index contributed by atoms with van der Waals surface area (Å²) in [7, 11) is 3.17. The molecule has 6 heteroatoms. The molecule has 0 spiro atoms. The molecular weight excluding hydrogens is 210 g/mol. The van der Waals surface area contributed by atoms with Crippen LogP contribution < -0.4 is 14.8 Å². The van der Waals surface area contributed by atoms with Crippen LogP contribution in [0.3, 0.4) is 0 Å². The van der Waals surface area contributed by atoms with Gasteiger partial charge in [0.1, 0.15) is 12.9 Å². The Morgan fingerprint density at radius 2 is 2.06 bits per heavy atom. The van der Waals surface area contributed by atoms with Crippen molar-refractivity contribution in [3.63, 3.8) is 0 Å². The molecule has 0 atom stereocenters. The van der Waals surface area contributed by atoms with Gasteiger partial charge in [-0.05, 0) is 6.92 Å². The summed E-state index contributed by atoms with van der Waals surface area (Å²) in [5.41, 5.74) is 0. The highest BCUT2D eigenvalue weighted by molar-refractivity contribution is 5.54. The zero-order chi connectivity index (χ0) is 11.8. The van der Waals surface area contributed by atoms with E-state index in [1.165, 1.54) is 6.33 Å². The molecule has 0 saturated carbocycles. The van der Waals surface area contributed by atoms with E-state index in [1.54, 1.807) is 14.2 Å². The van der Waals surface area contributed by atoms with E-state index in [1.807, 2.05) is 6.92 Å². The highest BCUT2D eigenvalue weighted by atomic mass is 16.5. The normalized spacial score (nSPS) is 9.94. The van der Waals surface area contributed by atoms with Crippen molar-refractivity contribution >= 4 is 5.82 Å². The van der Waals surface area contributed by atoms with Gasteiger partial charge in [0.2, 0.25) is 5.75 Å². The molecule has 0 aliphatic rings. The lowest BCUT2D eigenvalue weighted by atomic mass is 10.5. The first-order valence-electron chi connectivity index (χ1n) is 5.08. The number of hydrogen-bond acceptors (Lipinski definition) is 6. The number of aromatic nitrogens is 2. The maximum absolute atomic E-state index is 5.41. The van der Waals surface area contributed by atoms with E-state index < -0.39 is 0 Å². The van der Waals surface area contributed by atoms with Crippen LogP contribution in [0.2, 0.25) is 0 Å². The van der Waals surface area contributed by atoms with Crippen molar-refractivity contribution in [1.29, 1.82) is 0 Å². The van der Waals surface area contributed by atoms with Gasteiger partial charge in [0.25, 0.3) is 5.88 Å². The van der Waals surface area contributed by atoms with Crippen LogP contribution in [-0.2, 0) is 4.74 Å². The summed E-state index contributed by atoms with van der Waals surface area (Å²) in [6.45, 7) is 3.66. The maximum Gasteiger partial charge on any atom is 0.262 e. The highest BCUT2D eigenvalue weighted by Gasteiger charge is 2.12. The van der Waals surface area contributed by atoms with E-state index in [9.17, 15) is 0 Å². The lowest BCUT2D eigenvalue weighted by Gasteiger charge is -2.12. The summed E-state index contributed by atoms with van der Waals surface area (Å²) >= 11 is 0. The topological polar surface area (TPSA) is 65.5 Å². The van der Waals surface area contributed by atoms with Gasteiger partial charge in [-0.2, -0.15) is 4.98 Å². The summed E-state index contributed by atoms with van der Waals surface area (Å²) < 4.78 is 15.5. The molecule has 6 nitrogen and oxygen atoms in total. The summed E-state index contributed by atoms with van der Waals surface area (Å²) in [5, 5.41) is 3.07. The van der Waals surface area contributed by atoms with Gasteiger partial charge in [0, 0.05) is 13.7 Å². The van der Waals surface area contributed by atoms with Crippen molar-refractivity contribution in [2.24, 2.45) is 0 Å². The van der Waals surface area contributed by atoms with Crippen LogP contribution >= 0.6 is 0 Å². The fraction of sp³-hybridized carbons (Fsp3) is 0.600. The maximum atomic E-state index is 5.41. The predicted octanol–water partition coefficient (Wildman–Crippen LogP) is 0.942. The molecule has 0 aliphatic carbocycles. The minimum atomic E-state index is 0.422. The first kappa shape index (κ1) is 12.5. The number of anilines is 1. The Morgan fingerprint density at radius 1 is 1.25 bits per heavy atom. The molecule has 1 heterocycles. The zero-order valence-corrected chi connectivity index (χ0v) is 9.82. The number of ether oxygens (including phenoxy) is 3. The second-order valence-electron chi connectivity index (χ2n) is 2.93. The van der Waals surface area contributed by atoms with Crippen LogP contribution in [0, 0.1) is 0 Å². The highest BCUT2D eigenvalue weighted by Crippen LogP contribution is 2.30. The first-order chi connectivity index (χ1) is 7.83. The third-order valence-electron chi connectivity index (χ3n) is 1.85. The average Bonchev–Trinajstić information content (AvgIpc) is 2.30. The van der Waals surface area contributed by atoms with Gasteiger partial charge >= 0.3 is 0 Å². The lowest BCUT2D eigenvalue weighted by Crippen LogP contribution is -2.09. The smallest absolute Gasteiger partial charge is 0.262 e. The fourth-order valence-electron chi connectivity index (χ4n) is 1.16. The van der Waals surface area contributed by atoms with Gasteiger partial charge in [-0.1, -0.05) is 0 Å². The minimum absolute atomic E-state index is 0.422. The Labute approximate surface area is 95.0 Å². The van der Waals surface area contributed by atoms with Crippen molar-refractivity contribution in [3.05, 3.63) is 6.33 Å². The van der Waals surface area contributed by atoms with Crippen LogP contribution in [0.25, 0.3) is 0 Å². The van der Waals surface area contributed by atoms with Crippen LogP contribution in [0.1, 0.15) is 6.92 Å². The molecule has 1 rings (SSSR count). The fourth-order valence-corrected chi connectivity index (χ4v) is 1.16. The number of rotatable bonds is 7. The van der Waals surface area contributed by atoms with E-state index >= 15 is 0 Å².